The molecule has 0 saturated carbocycles. The van der Waals surface area contributed by atoms with Crippen molar-refractivity contribution in [1.82, 2.24) is 5.32 Å². The summed E-state index contributed by atoms with van der Waals surface area (Å²) in [6, 6.07) is 16.6. The molecule has 0 aliphatic carbocycles. The molecule has 2 rings (SSSR count). The van der Waals surface area contributed by atoms with Gasteiger partial charge in [0.15, 0.2) is 0 Å². The van der Waals surface area contributed by atoms with Crippen LogP contribution in [-0.4, -0.2) is 6.54 Å². The molecule has 2 aromatic rings. The van der Waals surface area contributed by atoms with E-state index in [-0.39, 0.29) is 0 Å². The lowest BCUT2D eigenvalue weighted by Gasteiger charge is -2.08. The molecule has 1 N–H and O–H groups in total. The van der Waals surface area contributed by atoms with E-state index in [0.29, 0.717) is 5.92 Å². The Hall–Kier alpha value is -0.960. The minimum atomic E-state index is 0.688. The van der Waals surface area contributed by atoms with E-state index in [0.717, 1.165) is 18.1 Å². The molecule has 2 aromatic carbocycles. The van der Waals surface area contributed by atoms with Crippen molar-refractivity contribution in [3.8, 4) is 0 Å². The van der Waals surface area contributed by atoms with Crippen LogP contribution in [0.15, 0.2) is 58.3 Å². The average Bonchev–Trinajstić information content (AvgIpc) is 2.40. The first-order valence-corrected chi connectivity index (χ1v) is 8.06. The van der Waals surface area contributed by atoms with Crippen molar-refractivity contribution in [1.29, 1.82) is 0 Å². The van der Waals surface area contributed by atoms with E-state index < -0.39 is 0 Å². The van der Waals surface area contributed by atoms with E-state index >= 15 is 0 Å². The van der Waals surface area contributed by atoms with Crippen molar-refractivity contribution in [2.75, 3.05) is 6.54 Å². The monoisotopic (exact) mass is 305 g/mol. The van der Waals surface area contributed by atoms with E-state index in [1.54, 1.807) is 11.8 Å². The SMILES string of the molecule is CC(C)CNCc1ccc(Sc2cccc(Cl)c2)cc1. The summed E-state index contributed by atoms with van der Waals surface area (Å²) in [4.78, 5) is 2.41. The van der Waals surface area contributed by atoms with Gasteiger partial charge in [-0.3, -0.25) is 0 Å². The third-order valence-corrected chi connectivity index (χ3v) is 4.07. The second-order valence-electron chi connectivity index (χ2n) is 5.23. The standard InChI is InChI=1S/C17H20ClNS/c1-13(2)11-19-12-14-6-8-16(9-7-14)20-17-5-3-4-15(18)10-17/h3-10,13,19H,11-12H2,1-2H3. The molecule has 0 unspecified atom stereocenters. The van der Waals surface area contributed by atoms with Crippen molar-refractivity contribution in [2.45, 2.75) is 30.2 Å². The molecule has 0 radical (unpaired) electrons. The fourth-order valence-corrected chi connectivity index (χ4v) is 2.98. The zero-order valence-corrected chi connectivity index (χ0v) is 13.5. The molecule has 0 aliphatic heterocycles. The Labute approximate surface area is 130 Å². The molecule has 106 valence electrons. The second kappa shape index (κ2) is 7.72. The maximum Gasteiger partial charge on any atom is 0.0417 e. The van der Waals surface area contributed by atoms with E-state index in [4.69, 9.17) is 11.6 Å². The number of hydrogen-bond donors (Lipinski definition) is 1. The van der Waals surface area contributed by atoms with Crippen LogP contribution in [0.2, 0.25) is 5.02 Å². The summed E-state index contributed by atoms with van der Waals surface area (Å²) in [7, 11) is 0. The van der Waals surface area contributed by atoms with E-state index in [9.17, 15) is 0 Å². The number of rotatable bonds is 6. The third-order valence-electron chi connectivity index (χ3n) is 2.84. The first-order chi connectivity index (χ1) is 9.63. The smallest absolute Gasteiger partial charge is 0.0417 e. The minimum absolute atomic E-state index is 0.688. The molecule has 0 spiro atoms. The molecule has 0 aromatic heterocycles. The molecule has 0 amide bonds. The zero-order valence-electron chi connectivity index (χ0n) is 11.9. The van der Waals surface area contributed by atoms with E-state index in [1.165, 1.54) is 15.4 Å². The van der Waals surface area contributed by atoms with Gasteiger partial charge in [-0.25, -0.2) is 0 Å². The molecule has 0 saturated heterocycles. The normalized spacial score (nSPS) is 11.0. The van der Waals surface area contributed by atoms with Crippen LogP contribution in [0.5, 0.6) is 0 Å². The fraction of sp³-hybridized carbons (Fsp3) is 0.294. The van der Waals surface area contributed by atoms with Crippen LogP contribution in [0.25, 0.3) is 0 Å². The van der Waals surface area contributed by atoms with Gasteiger partial charge >= 0.3 is 0 Å². The summed E-state index contributed by atoms with van der Waals surface area (Å²) in [5, 5.41) is 4.24. The summed E-state index contributed by atoms with van der Waals surface area (Å²) in [6.45, 7) is 6.43. The highest BCUT2D eigenvalue weighted by molar-refractivity contribution is 7.99. The Morgan fingerprint density at radius 3 is 2.45 bits per heavy atom. The molecular formula is C17H20ClNS. The van der Waals surface area contributed by atoms with Crippen LogP contribution in [0.1, 0.15) is 19.4 Å². The highest BCUT2D eigenvalue weighted by Crippen LogP contribution is 2.29. The molecule has 0 bridgehead atoms. The highest BCUT2D eigenvalue weighted by Gasteiger charge is 2.00. The van der Waals surface area contributed by atoms with Crippen LogP contribution in [0.4, 0.5) is 0 Å². The summed E-state index contributed by atoms with van der Waals surface area (Å²) in [5.41, 5.74) is 1.32. The topological polar surface area (TPSA) is 12.0 Å². The van der Waals surface area contributed by atoms with Gasteiger partial charge in [0.1, 0.15) is 0 Å². The molecule has 0 heterocycles. The predicted molar refractivity (Wildman–Crippen MR) is 88.6 cm³/mol. The Morgan fingerprint density at radius 1 is 1.05 bits per heavy atom. The average molecular weight is 306 g/mol. The molecule has 1 nitrogen and oxygen atoms in total. The van der Waals surface area contributed by atoms with Crippen molar-refractivity contribution < 1.29 is 0 Å². The van der Waals surface area contributed by atoms with Gasteiger partial charge in [0, 0.05) is 21.4 Å². The summed E-state index contributed by atoms with van der Waals surface area (Å²) in [6.07, 6.45) is 0. The molecule has 0 atom stereocenters. The lowest BCUT2D eigenvalue weighted by molar-refractivity contribution is 0.552. The largest absolute Gasteiger partial charge is 0.312 e. The van der Waals surface area contributed by atoms with E-state index in [1.807, 2.05) is 18.2 Å². The van der Waals surface area contributed by atoms with Gasteiger partial charge in [-0.05, 0) is 48.4 Å². The first kappa shape index (κ1) is 15.4. The van der Waals surface area contributed by atoms with Crippen LogP contribution in [-0.2, 0) is 6.54 Å². The Kier molecular flexibility index (Phi) is 5.96. The molecular weight excluding hydrogens is 286 g/mol. The van der Waals surface area contributed by atoms with Crippen LogP contribution in [0.3, 0.4) is 0 Å². The maximum absolute atomic E-state index is 6.00. The fourth-order valence-electron chi connectivity index (χ4n) is 1.85. The Bertz CT molecular complexity index is 537. The summed E-state index contributed by atoms with van der Waals surface area (Å²) in [5.74, 6) is 0.688. The number of halogens is 1. The zero-order chi connectivity index (χ0) is 14.4. The molecule has 0 fully saturated rings. The van der Waals surface area contributed by atoms with Gasteiger partial charge in [0.05, 0.1) is 0 Å². The van der Waals surface area contributed by atoms with Gasteiger partial charge in [-0.1, -0.05) is 55.4 Å². The van der Waals surface area contributed by atoms with Crippen molar-refractivity contribution in [3.05, 3.63) is 59.1 Å². The van der Waals surface area contributed by atoms with E-state index in [2.05, 4.69) is 49.5 Å². The third kappa shape index (κ3) is 5.20. The number of nitrogens with one attached hydrogen (secondary N) is 1. The van der Waals surface area contributed by atoms with Gasteiger partial charge in [-0.2, -0.15) is 0 Å². The number of hydrogen-bond acceptors (Lipinski definition) is 2. The summed E-state index contributed by atoms with van der Waals surface area (Å²) >= 11 is 7.73. The molecule has 0 aliphatic rings. The first-order valence-electron chi connectivity index (χ1n) is 6.86. The number of benzene rings is 2. The van der Waals surface area contributed by atoms with Gasteiger partial charge in [-0.15, -0.1) is 0 Å². The van der Waals surface area contributed by atoms with Crippen molar-refractivity contribution in [2.24, 2.45) is 5.92 Å². The van der Waals surface area contributed by atoms with Gasteiger partial charge in [0.2, 0.25) is 0 Å². The van der Waals surface area contributed by atoms with Crippen LogP contribution < -0.4 is 5.32 Å². The second-order valence-corrected chi connectivity index (χ2v) is 6.81. The predicted octanol–water partition coefficient (Wildman–Crippen LogP) is 5.24. The Balaban J connectivity index is 1.91. The quantitative estimate of drug-likeness (QED) is 0.783. The minimum Gasteiger partial charge on any atom is -0.312 e. The molecule has 3 heteroatoms. The van der Waals surface area contributed by atoms with Crippen LogP contribution >= 0.6 is 23.4 Å². The van der Waals surface area contributed by atoms with Gasteiger partial charge < -0.3 is 5.32 Å². The van der Waals surface area contributed by atoms with Gasteiger partial charge in [0.25, 0.3) is 0 Å². The maximum atomic E-state index is 6.00. The van der Waals surface area contributed by atoms with Crippen LogP contribution in [0, 0.1) is 5.92 Å². The highest BCUT2D eigenvalue weighted by atomic mass is 35.5. The lowest BCUT2D eigenvalue weighted by atomic mass is 10.2. The van der Waals surface area contributed by atoms with Crippen molar-refractivity contribution >= 4 is 23.4 Å². The Morgan fingerprint density at radius 2 is 1.80 bits per heavy atom. The summed E-state index contributed by atoms with van der Waals surface area (Å²) < 4.78 is 0. The molecule has 20 heavy (non-hydrogen) atoms. The van der Waals surface area contributed by atoms with Crippen molar-refractivity contribution in [3.63, 3.8) is 0 Å². The lowest BCUT2D eigenvalue weighted by Crippen LogP contribution is -2.18.